The van der Waals surface area contributed by atoms with Crippen molar-refractivity contribution in [1.29, 1.82) is 0 Å². The number of nitrogen functional groups attached to an aromatic ring is 1. The molecule has 0 saturated carbocycles. The lowest BCUT2D eigenvalue weighted by molar-refractivity contribution is -0.125. The standard InChI is InChI=1S/C14H21N3O2/c1-16-14(18)12-6-4-8-17(12)9-10-19-13-7-3-2-5-11(13)15/h2-3,5,7,12H,4,6,8-10,15H2,1H3,(H,16,18). The third-order valence-electron chi connectivity index (χ3n) is 3.47. The summed E-state index contributed by atoms with van der Waals surface area (Å²) in [6.07, 6.45) is 1.98. The Morgan fingerprint density at radius 2 is 2.32 bits per heavy atom. The van der Waals surface area contributed by atoms with Crippen LogP contribution in [0.5, 0.6) is 5.75 Å². The van der Waals surface area contributed by atoms with Crippen molar-refractivity contribution in [2.24, 2.45) is 0 Å². The topological polar surface area (TPSA) is 67.6 Å². The number of hydrogen-bond acceptors (Lipinski definition) is 4. The van der Waals surface area contributed by atoms with Gasteiger partial charge in [0, 0.05) is 13.6 Å². The van der Waals surface area contributed by atoms with Gasteiger partial charge in [0.15, 0.2) is 0 Å². The molecule has 2 rings (SSSR count). The van der Waals surface area contributed by atoms with Crippen molar-refractivity contribution in [2.45, 2.75) is 18.9 Å². The predicted octanol–water partition coefficient (Wildman–Crippen LogP) is 0.858. The zero-order valence-electron chi connectivity index (χ0n) is 11.3. The fourth-order valence-electron chi connectivity index (χ4n) is 2.44. The van der Waals surface area contributed by atoms with Crippen LogP contribution >= 0.6 is 0 Å². The molecule has 3 N–H and O–H groups in total. The first-order chi connectivity index (χ1) is 9.22. The molecule has 104 valence electrons. The molecule has 1 atom stereocenters. The van der Waals surface area contributed by atoms with Crippen LogP contribution in [0, 0.1) is 0 Å². The summed E-state index contributed by atoms with van der Waals surface area (Å²) in [7, 11) is 1.68. The number of carbonyl (C=O) groups excluding carboxylic acids is 1. The van der Waals surface area contributed by atoms with Crippen molar-refractivity contribution < 1.29 is 9.53 Å². The molecule has 0 aliphatic carbocycles. The van der Waals surface area contributed by atoms with E-state index in [0.717, 1.165) is 25.9 Å². The molecule has 0 radical (unpaired) electrons. The summed E-state index contributed by atoms with van der Waals surface area (Å²) in [6, 6.07) is 7.44. The molecule has 1 fully saturated rings. The van der Waals surface area contributed by atoms with Crippen LogP contribution in [0.1, 0.15) is 12.8 Å². The lowest BCUT2D eigenvalue weighted by atomic mass is 10.2. The van der Waals surface area contributed by atoms with Gasteiger partial charge in [-0.15, -0.1) is 0 Å². The second-order valence-electron chi connectivity index (χ2n) is 4.69. The van der Waals surface area contributed by atoms with Crippen molar-refractivity contribution >= 4 is 11.6 Å². The largest absolute Gasteiger partial charge is 0.490 e. The molecular formula is C14H21N3O2. The zero-order valence-corrected chi connectivity index (χ0v) is 11.3. The molecule has 1 aromatic carbocycles. The smallest absolute Gasteiger partial charge is 0.237 e. The van der Waals surface area contributed by atoms with Crippen molar-refractivity contribution in [3.05, 3.63) is 24.3 Å². The number of amides is 1. The summed E-state index contributed by atoms with van der Waals surface area (Å²) in [6.45, 7) is 2.24. The van der Waals surface area contributed by atoms with Crippen LogP contribution in [0.25, 0.3) is 0 Å². The van der Waals surface area contributed by atoms with E-state index in [4.69, 9.17) is 10.5 Å². The van der Waals surface area contributed by atoms with Gasteiger partial charge in [0.05, 0.1) is 11.7 Å². The molecule has 5 nitrogen and oxygen atoms in total. The fraction of sp³-hybridized carbons (Fsp3) is 0.500. The van der Waals surface area contributed by atoms with Gasteiger partial charge in [0.25, 0.3) is 0 Å². The average molecular weight is 263 g/mol. The van der Waals surface area contributed by atoms with E-state index >= 15 is 0 Å². The molecule has 1 heterocycles. The molecule has 0 aromatic heterocycles. The zero-order chi connectivity index (χ0) is 13.7. The highest BCUT2D eigenvalue weighted by Gasteiger charge is 2.29. The molecule has 0 spiro atoms. The van der Waals surface area contributed by atoms with Crippen LogP contribution in [0.3, 0.4) is 0 Å². The van der Waals surface area contributed by atoms with E-state index in [0.29, 0.717) is 18.0 Å². The Hall–Kier alpha value is -1.75. The summed E-state index contributed by atoms with van der Waals surface area (Å²) in [4.78, 5) is 13.9. The predicted molar refractivity (Wildman–Crippen MR) is 75.0 cm³/mol. The van der Waals surface area contributed by atoms with Crippen LogP contribution < -0.4 is 15.8 Å². The van der Waals surface area contributed by atoms with Gasteiger partial charge in [-0.1, -0.05) is 12.1 Å². The quantitative estimate of drug-likeness (QED) is 0.773. The van der Waals surface area contributed by atoms with Crippen LogP contribution in [-0.2, 0) is 4.79 Å². The Morgan fingerprint density at radius 1 is 1.53 bits per heavy atom. The van der Waals surface area contributed by atoms with Gasteiger partial charge in [0.1, 0.15) is 12.4 Å². The second kappa shape index (κ2) is 6.43. The fourth-order valence-corrected chi connectivity index (χ4v) is 2.44. The summed E-state index contributed by atoms with van der Waals surface area (Å²) in [5.41, 5.74) is 6.45. The molecule has 19 heavy (non-hydrogen) atoms. The van der Waals surface area contributed by atoms with Crippen molar-refractivity contribution in [3.8, 4) is 5.75 Å². The number of nitrogens with zero attached hydrogens (tertiary/aromatic N) is 1. The number of likely N-dealkylation sites (N-methyl/N-ethyl adjacent to an activating group) is 1. The van der Waals surface area contributed by atoms with E-state index < -0.39 is 0 Å². The molecule has 1 aliphatic heterocycles. The normalized spacial score (nSPS) is 19.3. The molecule has 1 saturated heterocycles. The number of likely N-dealkylation sites (tertiary alicyclic amines) is 1. The molecule has 1 unspecified atom stereocenters. The van der Waals surface area contributed by atoms with E-state index in [1.807, 2.05) is 24.3 Å². The van der Waals surface area contributed by atoms with E-state index in [2.05, 4.69) is 10.2 Å². The van der Waals surface area contributed by atoms with Gasteiger partial charge in [-0.2, -0.15) is 0 Å². The minimum atomic E-state index is -0.0123. The highest BCUT2D eigenvalue weighted by atomic mass is 16.5. The molecule has 0 bridgehead atoms. The summed E-state index contributed by atoms with van der Waals surface area (Å²) in [5, 5.41) is 2.71. The summed E-state index contributed by atoms with van der Waals surface area (Å²) in [5.74, 6) is 0.801. The maximum Gasteiger partial charge on any atom is 0.237 e. The van der Waals surface area contributed by atoms with Gasteiger partial charge in [-0.05, 0) is 31.5 Å². The van der Waals surface area contributed by atoms with Gasteiger partial charge in [0.2, 0.25) is 5.91 Å². The molecular weight excluding hydrogens is 242 g/mol. The lowest BCUT2D eigenvalue weighted by Gasteiger charge is -2.23. The number of para-hydroxylation sites is 2. The SMILES string of the molecule is CNC(=O)C1CCCN1CCOc1ccccc1N. The molecule has 1 amide bonds. The number of anilines is 1. The molecule has 5 heteroatoms. The van der Waals surface area contributed by atoms with Crippen LogP contribution in [0.2, 0.25) is 0 Å². The second-order valence-corrected chi connectivity index (χ2v) is 4.69. The van der Waals surface area contributed by atoms with Gasteiger partial charge in [-0.25, -0.2) is 0 Å². The molecule has 1 aliphatic rings. The highest BCUT2D eigenvalue weighted by molar-refractivity contribution is 5.81. The Bertz CT molecular complexity index is 436. The average Bonchev–Trinajstić information content (AvgIpc) is 2.88. The third kappa shape index (κ3) is 3.38. The maximum absolute atomic E-state index is 11.7. The minimum absolute atomic E-state index is 0.0123. The Labute approximate surface area is 113 Å². The van der Waals surface area contributed by atoms with Gasteiger partial charge >= 0.3 is 0 Å². The first kappa shape index (κ1) is 13.7. The Kier molecular flexibility index (Phi) is 4.63. The lowest BCUT2D eigenvalue weighted by Crippen LogP contribution is -2.43. The number of benzene rings is 1. The monoisotopic (exact) mass is 263 g/mol. The van der Waals surface area contributed by atoms with Crippen LogP contribution in [0.4, 0.5) is 5.69 Å². The van der Waals surface area contributed by atoms with Crippen LogP contribution in [-0.4, -0.2) is 43.6 Å². The van der Waals surface area contributed by atoms with E-state index in [1.54, 1.807) is 7.05 Å². The molecule has 1 aromatic rings. The number of ether oxygens (including phenoxy) is 1. The number of nitrogens with one attached hydrogen (secondary N) is 1. The van der Waals surface area contributed by atoms with Gasteiger partial charge < -0.3 is 15.8 Å². The maximum atomic E-state index is 11.7. The highest BCUT2D eigenvalue weighted by Crippen LogP contribution is 2.20. The van der Waals surface area contributed by atoms with Crippen molar-refractivity contribution in [2.75, 3.05) is 32.5 Å². The van der Waals surface area contributed by atoms with E-state index in [1.165, 1.54) is 0 Å². The van der Waals surface area contributed by atoms with Crippen molar-refractivity contribution in [1.82, 2.24) is 10.2 Å². The Balaban J connectivity index is 1.82. The number of carbonyl (C=O) groups is 1. The van der Waals surface area contributed by atoms with E-state index in [-0.39, 0.29) is 11.9 Å². The number of hydrogen-bond donors (Lipinski definition) is 2. The third-order valence-corrected chi connectivity index (χ3v) is 3.47. The number of nitrogens with two attached hydrogens (primary N) is 1. The van der Waals surface area contributed by atoms with Gasteiger partial charge in [-0.3, -0.25) is 9.69 Å². The summed E-state index contributed by atoms with van der Waals surface area (Å²) >= 11 is 0. The summed E-state index contributed by atoms with van der Waals surface area (Å²) < 4.78 is 5.66. The number of rotatable bonds is 5. The minimum Gasteiger partial charge on any atom is -0.490 e. The van der Waals surface area contributed by atoms with Crippen molar-refractivity contribution in [3.63, 3.8) is 0 Å². The Morgan fingerprint density at radius 3 is 3.05 bits per heavy atom. The van der Waals surface area contributed by atoms with Crippen LogP contribution in [0.15, 0.2) is 24.3 Å². The van der Waals surface area contributed by atoms with E-state index in [9.17, 15) is 4.79 Å². The first-order valence-electron chi connectivity index (χ1n) is 6.65. The first-order valence-corrected chi connectivity index (χ1v) is 6.65.